The van der Waals surface area contributed by atoms with Crippen LogP contribution in [0.3, 0.4) is 0 Å². The van der Waals surface area contributed by atoms with Gasteiger partial charge in [0.2, 0.25) is 0 Å². The molecule has 0 saturated carbocycles. The molecule has 2 heterocycles. The van der Waals surface area contributed by atoms with E-state index in [1.165, 1.54) is 0 Å². The predicted octanol–water partition coefficient (Wildman–Crippen LogP) is 2.76. The SMILES string of the molecule is O[C@]1(c2ccccc2)CCN(Cc2ccc(N3CCOCC3)c(F)c2)C1. The van der Waals surface area contributed by atoms with Gasteiger partial charge in [-0.15, -0.1) is 0 Å². The van der Waals surface area contributed by atoms with Crippen LogP contribution in [0.15, 0.2) is 48.5 Å². The molecule has 0 aliphatic carbocycles. The normalized spacial score (nSPS) is 24.2. The first-order valence-corrected chi connectivity index (χ1v) is 9.25. The van der Waals surface area contributed by atoms with E-state index in [1.54, 1.807) is 6.07 Å². The van der Waals surface area contributed by atoms with Crippen LogP contribution in [0.25, 0.3) is 0 Å². The van der Waals surface area contributed by atoms with E-state index in [9.17, 15) is 9.50 Å². The zero-order valence-electron chi connectivity index (χ0n) is 14.9. The van der Waals surface area contributed by atoms with Crippen LogP contribution in [0.1, 0.15) is 17.5 Å². The summed E-state index contributed by atoms with van der Waals surface area (Å²) in [5.41, 5.74) is 1.74. The number of nitrogens with zero attached hydrogens (tertiary/aromatic N) is 2. The van der Waals surface area contributed by atoms with Crippen LogP contribution in [0, 0.1) is 5.82 Å². The van der Waals surface area contributed by atoms with E-state index >= 15 is 0 Å². The summed E-state index contributed by atoms with van der Waals surface area (Å²) < 4.78 is 19.9. The maximum absolute atomic E-state index is 14.6. The Bertz CT molecular complexity index is 749. The molecule has 0 bridgehead atoms. The second kappa shape index (κ2) is 7.35. The summed E-state index contributed by atoms with van der Waals surface area (Å²) in [4.78, 5) is 4.22. The first kappa shape index (κ1) is 17.5. The van der Waals surface area contributed by atoms with E-state index in [-0.39, 0.29) is 5.82 Å². The third kappa shape index (κ3) is 3.61. The Balaban J connectivity index is 1.42. The second-order valence-electron chi connectivity index (χ2n) is 7.24. The van der Waals surface area contributed by atoms with Gasteiger partial charge in [0.05, 0.1) is 18.9 Å². The highest BCUT2D eigenvalue weighted by molar-refractivity contribution is 5.49. The molecule has 4 nitrogen and oxygen atoms in total. The van der Waals surface area contributed by atoms with Crippen LogP contribution in [0.5, 0.6) is 0 Å². The minimum absolute atomic E-state index is 0.179. The smallest absolute Gasteiger partial charge is 0.146 e. The van der Waals surface area contributed by atoms with Crippen molar-refractivity contribution in [3.63, 3.8) is 0 Å². The molecule has 5 heteroatoms. The van der Waals surface area contributed by atoms with Gasteiger partial charge in [-0.25, -0.2) is 4.39 Å². The van der Waals surface area contributed by atoms with Crippen molar-refractivity contribution in [1.29, 1.82) is 0 Å². The van der Waals surface area contributed by atoms with E-state index in [1.807, 2.05) is 47.4 Å². The highest BCUT2D eigenvalue weighted by atomic mass is 19.1. The molecule has 2 aliphatic heterocycles. The second-order valence-corrected chi connectivity index (χ2v) is 7.24. The van der Waals surface area contributed by atoms with E-state index in [2.05, 4.69) is 4.90 Å². The van der Waals surface area contributed by atoms with E-state index < -0.39 is 5.60 Å². The van der Waals surface area contributed by atoms with Crippen LogP contribution in [-0.4, -0.2) is 49.4 Å². The standard InChI is InChI=1S/C21H25FN2O2/c22-19-14-17(6-7-20(19)24-10-12-26-13-11-24)15-23-9-8-21(25,16-23)18-4-2-1-3-5-18/h1-7,14,25H,8-13,15-16H2/t21-/m1/s1. The molecule has 4 rings (SSSR count). The fourth-order valence-electron chi connectivity index (χ4n) is 3.96. The Hall–Kier alpha value is -1.95. The number of β-amino-alcohol motifs (C(OH)–C–C–N with tert-alkyl or cyclic N) is 1. The van der Waals surface area contributed by atoms with Gasteiger partial charge in [-0.05, 0) is 29.7 Å². The number of benzene rings is 2. The van der Waals surface area contributed by atoms with Crippen molar-refractivity contribution in [3.8, 4) is 0 Å². The lowest BCUT2D eigenvalue weighted by Gasteiger charge is -2.29. The Morgan fingerprint density at radius 2 is 1.81 bits per heavy atom. The topological polar surface area (TPSA) is 35.9 Å². The monoisotopic (exact) mass is 356 g/mol. The molecule has 138 valence electrons. The number of aliphatic hydroxyl groups is 1. The lowest BCUT2D eigenvalue weighted by molar-refractivity contribution is 0.0453. The minimum Gasteiger partial charge on any atom is -0.384 e. The molecule has 2 saturated heterocycles. The summed E-state index contributed by atoms with van der Waals surface area (Å²) in [7, 11) is 0. The van der Waals surface area contributed by atoms with Crippen LogP contribution >= 0.6 is 0 Å². The lowest BCUT2D eigenvalue weighted by atomic mass is 9.93. The van der Waals surface area contributed by atoms with Crippen LogP contribution in [0.4, 0.5) is 10.1 Å². The Kier molecular flexibility index (Phi) is 4.94. The molecule has 0 aromatic heterocycles. The van der Waals surface area contributed by atoms with E-state index in [0.717, 1.165) is 30.8 Å². The Labute approximate surface area is 153 Å². The fourth-order valence-corrected chi connectivity index (χ4v) is 3.96. The van der Waals surface area contributed by atoms with Crippen molar-refractivity contribution >= 4 is 5.69 Å². The van der Waals surface area contributed by atoms with Crippen LogP contribution in [0.2, 0.25) is 0 Å². The van der Waals surface area contributed by atoms with E-state index in [4.69, 9.17) is 4.74 Å². The van der Waals surface area contributed by atoms with Gasteiger partial charge in [0, 0.05) is 32.7 Å². The summed E-state index contributed by atoms with van der Waals surface area (Å²) >= 11 is 0. The zero-order valence-corrected chi connectivity index (χ0v) is 14.9. The predicted molar refractivity (Wildman–Crippen MR) is 99.7 cm³/mol. The summed E-state index contributed by atoms with van der Waals surface area (Å²) in [6.45, 7) is 4.77. The number of hydrogen-bond donors (Lipinski definition) is 1. The molecule has 1 N–H and O–H groups in total. The molecule has 2 aromatic carbocycles. The van der Waals surface area contributed by atoms with Crippen molar-refractivity contribution in [2.45, 2.75) is 18.6 Å². The molecule has 0 spiro atoms. The molecule has 26 heavy (non-hydrogen) atoms. The third-order valence-electron chi connectivity index (χ3n) is 5.41. The molecule has 0 amide bonds. The largest absolute Gasteiger partial charge is 0.384 e. The Morgan fingerprint density at radius 1 is 1.04 bits per heavy atom. The summed E-state index contributed by atoms with van der Waals surface area (Å²) in [6.07, 6.45) is 0.700. The van der Waals surface area contributed by atoms with Gasteiger partial charge in [0.1, 0.15) is 11.4 Å². The van der Waals surface area contributed by atoms with Crippen molar-refractivity contribution in [1.82, 2.24) is 4.90 Å². The van der Waals surface area contributed by atoms with Crippen LogP contribution in [-0.2, 0) is 16.9 Å². The number of morpholine rings is 1. The van der Waals surface area contributed by atoms with Gasteiger partial charge in [-0.1, -0.05) is 36.4 Å². The first-order valence-electron chi connectivity index (χ1n) is 9.25. The highest BCUT2D eigenvalue weighted by Gasteiger charge is 2.37. The van der Waals surface area contributed by atoms with E-state index in [0.29, 0.717) is 38.4 Å². The van der Waals surface area contributed by atoms with Crippen LogP contribution < -0.4 is 4.90 Å². The molecule has 2 aromatic rings. The zero-order chi connectivity index (χ0) is 18.0. The quantitative estimate of drug-likeness (QED) is 0.914. The van der Waals surface area contributed by atoms with Crippen molar-refractivity contribution in [2.24, 2.45) is 0 Å². The number of anilines is 1. The lowest BCUT2D eigenvalue weighted by Crippen LogP contribution is -2.36. The van der Waals surface area contributed by atoms with Gasteiger partial charge in [-0.2, -0.15) is 0 Å². The Morgan fingerprint density at radius 3 is 2.54 bits per heavy atom. The number of likely N-dealkylation sites (tertiary alicyclic amines) is 1. The third-order valence-corrected chi connectivity index (χ3v) is 5.41. The van der Waals surface area contributed by atoms with Crippen molar-refractivity contribution in [2.75, 3.05) is 44.3 Å². The van der Waals surface area contributed by atoms with Gasteiger partial charge < -0.3 is 14.7 Å². The molecule has 0 unspecified atom stereocenters. The number of ether oxygens (including phenoxy) is 1. The average Bonchev–Trinajstić information content (AvgIpc) is 3.05. The average molecular weight is 356 g/mol. The number of hydrogen-bond acceptors (Lipinski definition) is 4. The summed E-state index contributed by atoms with van der Waals surface area (Å²) in [5.74, 6) is -0.179. The first-order chi connectivity index (χ1) is 12.6. The van der Waals surface area contributed by atoms with Gasteiger partial charge in [0.15, 0.2) is 0 Å². The molecule has 1 atom stereocenters. The number of halogens is 1. The molecular weight excluding hydrogens is 331 g/mol. The molecule has 2 fully saturated rings. The molecule has 0 radical (unpaired) electrons. The van der Waals surface area contributed by atoms with Gasteiger partial charge in [-0.3, -0.25) is 4.90 Å². The van der Waals surface area contributed by atoms with Crippen molar-refractivity contribution in [3.05, 3.63) is 65.5 Å². The number of rotatable bonds is 4. The minimum atomic E-state index is -0.812. The van der Waals surface area contributed by atoms with Crippen molar-refractivity contribution < 1.29 is 14.2 Å². The fraction of sp³-hybridized carbons (Fsp3) is 0.429. The van der Waals surface area contributed by atoms with Gasteiger partial charge >= 0.3 is 0 Å². The maximum atomic E-state index is 14.6. The summed E-state index contributed by atoms with van der Waals surface area (Å²) in [5, 5.41) is 10.9. The molecule has 2 aliphatic rings. The molecular formula is C21H25FN2O2. The maximum Gasteiger partial charge on any atom is 0.146 e. The summed E-state index contributed by atoms with van der Waals surface area (Å²) in [6, 6.07) is 15.3. The highest BCUT2D eigenvalue weighted by Crippen LogP contribution is 2.33. The van der Waals surface area contributed by atoms with Gasteiger partial charge in [0.25, 0.3) is 0 Å².